The van der Waals surface area contributed by atoms with Gasteiger partial charge in [0.15, 0.2) is 17.2 Å². The van der Waals surface area contributed by atoms with Crippen LogP contribution in [0.3, 0.4) is 0 Å². The Morgan fingerprint density at radius 2 is 1.69 bits per heavy atom. The number of hydrogen-bond acceptors (Lipinski definition) is 9. The number of methoxy groups -OCH3 is 4. The third kappa shape index (κ3) is 7.84. The first-order chi connectivity index (χ1) is 18.6. The van der Waals surface area contributed by atoms with E-state index in [0.717, 1.165) is 29.5 Å². The van der Waals surface area contributed by atoms with Crippen molar-refractivity contribution in [2.24, 2.45) is 11.5 Å². The molecule has 2 aromatic carbocycles. The van der Waals surface area contributed by atoms with Crippen LogP contribution in [0.2, 0.25) is 0 Å². The Kier molecular flexibility index (Phi) is 12.0. The number of benzene rings is 1. The minimum atomic E-state index is -0.933. The van der Waals surface area contributed by atoms with Gasteiger partial charge in [-0.15, -0.1) is 0 Å². The van der Waals surface area contributed by atoms with E-state index < -0.39 is 12.0 Å². The topological polar surface area (TPSA) is 172 Å². The maximum Gasteiger partial charge on any atom is 0.320 e. The number of unbranched alkanes of at least 4 members (excludes halogenated alkanes) is 1. The molecule has 0 fully saturated rings. The van der Waals surface area contributed by atoms with Gasteiger partial charge in [0.1, 0.15) is 6.04 Å². The first-order valence-corrected chi connectivity index (χ1v) is 12.6. The van der Waals surface area contributed by atoms with Crippen LogP contribution in [0.4, 0.5) is 0 Å². The number of aryl methyl sites for hydroxylation is 1. The van der Waals surface area contributed by atoms with Crippen LogP contribution >= 0.6 is 0 Å². The molecule has 1 unspecified atom stereocenters. The van der Waals surface area contributed by atoms with Gasteiger partial charge in [-0.3, -0.25) is 14.4 Å². The van der Waals surface area contributed by atoms with Crippen molar-refractivity contribution < 1.29 is 33.6 Å². The van der Waals surface area contributed by atoms with Gasteiger partial charge < -0.3 is 40.8 Å². The fourth-order valence-corrected chi connectivity index (χ4v) is 4.49. The molecule has 0 aliphatic heterocycles. The van der Waals surface area contributed by atoms with Crippen molar-refractivity contribution in [2.45, 2.75) is 51.1 Å². The lowest BCUT2D eigenvalue weighted by Gasteiger charge is -2.19. The van der Waals surface area contributed by atoms with Gasteiger partial charge in [0.2, 0.25) is 17.1 Å². The Morgan fingerprint density at radius 3 is 2.23 bits per heavy atom. The number of hydrogen-bond donors (Lipinski definition) is 4. The molecule has 1 aliphatic carbocycles. The number of fused-ring (bicyclic) bond motifs is 3. The fraction of sp³-hybridized carbons (Fsp3) is 0.464. The summed E-state index contributed by atoms with van der Waals surface area (Å²) in [5, 5.41) is 11.3. The fourth-order valence-electron chi connectivity index (χ4n) is 4.49. The number of carbonyl (C=O) groups excluding carboxylic acids is 1. The van der Waals surface area contributed by atoms with E-state index in [0.29, 0.717) is 48.6 Å². The van der Waals surface area contributed by atoms with E-state index in [1.807, 2.05) is 12.1 Å². The maximum atomic E-state index is 12.6. The Morgan fingerprint density at radius 1 is 1.03 bits per heavy atom. The number of nitrogens with two attached hydrogens (primary N) is 2. The first kappa shape index (κ1) is 31.4. The van der Waals surface area contributed by atoms with Gasteiger partial charge in [0.05, 0.1) is 34.5 Å². The molecule has 3 rings (SSSR count). The Labute approximate surface area is 228 Å². The van der Waals surface area contributed by atoms with Gasteiger partial charge in [-0.1, -0.05) is 12.5 Å². The van der Waals surface area contributed by atoms with E-state index in [4.69, 9.17) is 35.5 Å². The summed E-state index contributed by atoms with van der Waals surface area (Å²) in [4.78, 5) is 34.6. The van der Waals surface area contributed by atoms with E-state index in [1.165, 1.54) is 20.1 Å². The average Bonchev–Trinajstić information content (AvgIpc) is 3.16. The number of amides is 1. The second-order valence-corrected chi connectivity index (χ2v) is 8.98. The molecule has 0 saturated heterocycles. The highest BCUT2D eigenvalue weighted by atomic mass is 16.5. The summed E-state index contributed by atoms with van der Waals surface area (Å²) in [5.74, 6) is 0.672. The summed E-state index contributed by atoms with van der Waals surface area (Å²) in [6.07, 6.45) is 3.43. The standard InChI is InChI=1S/C22H25NO6.C6H14N2O2/c1-12(24)23-16-8-6-13-10-19(27-3)21(28-4)22(29-5)20(13)14-7-9-18(26-2)17(25)11-15(14)16;7-4-2-1-3-5(8)6(9)10/h7,9-11,16H,6,8H2,1-5H3,(H,23,24);5H,1-4,7-8H2,(H,9,10)/t16-;/m0./s1. The van der Waals surface area contributed by atoms with E-state index in [9.17, 15) is 14.4 Å². The van der Waals surface area contributed by atoms with E-state index in [1.54, 1.807) is 27.4 Å². The predicted octanol–water partition coefficient (Wildman–Crippen LogP) is 2.40. The summed E-state index contributed by atoms with van der Waals surface area (Å²) in [5.41, 5.74) is 13.4. The number of carboxylic acid groups (broad SMARTS) is 1. The summed E-state index contributed by atoms with van der Waals surface area (Å²) in [6.45, 7) is 2.07. The number of carbonyl (C=O) groups is 2. The summed E-state index contributed by atoms with van der Waals surface area (Å²) in [6, 6.07) is 5.85. The number of aliphatic carboxylic acids is 1. The Bertz CT molecular complexity index is 1220. The van der Waals surface area contributed by atoms with Crippen molar-refractivity contribution in [3.05, 3.63) is 45.6 Å². The maximum absolute atomic E-state index is 12.6. The lowest BCUT2D eigenvalue weighted by atomic mass is 9.95. The SMILES string of the molecule is COc1cc2c(c(OC)c1OC)-c1ccc(OC)c(=O)cc1[C@@H](NC(C)=O)CC2.NCCCCC(N)C(=O)O. The lowest BCUT2D eigenvalue weighted by Crippen LogP contribution is -2.29. The molecule has 6 N–H and O–H groups in total. The van der Waals surface area contributed by atoms with Crippen molar-refractivity contribution in [3.63, 3.8) is 0 Å². The lowest BCUT2D eigenvalue weighted by molar-refractivity contribution is -0.138. The van der Waals surface area contributed by atoms with Gasteiger partial charge in [0.25, 0.3) is 0 Å². The average molecular weight is 546 g/mol. The van der Waals surface area contributed by atoms with E-state index in [-0.39, 0.29) is 23.1 Å². The third-order valence-electron chi connectivity index (χ3n) is 6.38. The van der Waals surface area contributed by atoms with Gasteiger partial charge >= 0.3 is 5.97 Å². The molecule has 0 bridgehead atoms. The second kappa shape index (κ2) is 14.9. The molecule has 11 nitrogen and oxygen atoms in total. The number of rotatable bonds is 10. The number of ether oxygens (including phenoxy) is 4. The van der Waals surface area contributed by atoms with Gasteiger partial charge in [0, 0.05) is 12.5 Å². The van der Waals surface area contributed by atoms with Crippen molar-refractivity contribution in [2.75, 3.05) is 35.0 Å². The molecule has 2 aromatic rings. The number of carboxylic acids is 1. The van der Waals surface area contributed by atoms with Crippen LogP contribution in [0.5, 0.6) is 23.0 Å². The number of nitrogens with one attached hydrogen (secondary N) is 1. The van der Waals surface area contributed by atoms with E-state index >= 15 is 0 Å². The summed E-state index contributed by atoms with van der Waals surface area (Å²) < 4.78 is 22.0. The zero-order valence-electron chi connectivity index (χ0n) is 23.2. The normalized spacial score (nSPS) is 14.3. The van der Waals surface area contributed by atoms with Gasteiger partial charge in [-0.2, -0.15) is 0 Å². The second-order valence-electron chi connectivity index (χ2n) is 8.98. The van der Waals surface area contributed by atoms with Gasteiger partial charge in [-0.25, -0.2) is 0 Å². The zero-order valence-corrected chi connectivity index (χ0v) is 23.2. The van der Waals surface area contributed by atoms with Crippen LogP contribution in [0.1, 0.15) is 49.8 Å². The van der Waals surface area contributed by atoms with Crippen molar-refractivity contribution in [1.82, 2.24) is 5.32 Å². The van der Waals surface area contributed by atoms with Crippen LogP contribution in [0.15, 0.2) is 29.1 Å². The van der Waals surface area contributed by atoms with Crippen LogP contribution in [-0.2, 0) is 16.0 Å². The monoisotopic (exact) mass is 545 g/mol. The summed E-state index contributed by atoms with van der Waals surface area (Å²) in [7, 11) is 6.14. The van der Waals surface area contributed by atoms with Crippen molar-refractivity contribution in [3.8, 4) is 34.1 Å². The molecule has 0 aromatic heterocycles. The van der Waals surface area contributed by atoms with Gasteiger partial charge in [-0.05, 0) is 67.1 Å². The Hall–Kier alpha value is -3.83. The largest absolute Gasteiger partial charge is 0.493 e. The molecule has 2 atom stereocenters. The molecule has 0 spiro atoms. The summed E-state index contributed by atoms with van der Waals surface area (Å²) >= 11 is 0. The molecule has 0 heterocycles. The Balaban J connectivity index is 0.000000455. The van der Waals surface area contributed by atoms with Crippen LogP contribution in [-0.4, -0.2) is 58.0 Å². The van der Waals surface area contributed by atoms with Crippen LogP contribution in [0, 0.1) is 0 Å². The third-order valence-corrected chi connectivity index (χ3v) is 6.38. The molecule has 214 valence electrons. The zero-order chi connectivity index (χ0) is 29.1. The highest BCUT2D eigenvalue weighted by molar-refractivity contribution is 5.83. The molecular weight excluding hydrogens is 506 g/mol. The molecular formula is C28H39N3O8. The van der Waals surface area contributed by atoms with Crippen molar-refractivity contribution >= 4 is 11.9 Å². The van der Waals surface area contributed by atoms with Crippen molar-refractivity contribution in [1.29, 1.82) is 0 Å². The van der Waals surface area contributed by atoms with Crippen LogP contribution < -0.4 is 41.2 Å². The molecule has 39 heavy (non-hydrogen) atoms. The molecule has 1 aliphatic rings. The molecule has 0 radical (unpaired) electrons. The molecule has 0 saturated carbocycles. The minimum Gasteiger partial charge on any atom is -0.493 e. The van der Waals surface area contributed by atoms with E-state index in [2.05, 4.69) is 5.32 Å². The molecule has 1 amide bonds. The molecule has 11 heteroatoms. The minimum absolute atomic E-state index is 0.167. The first-order valence-electron chi connectivity index (χ1n) is 12.6. The highest BCUT2D eigenvalue weighted by Gasteiger charge is 2.29. The quantitative estimate of drug-likeness (QED) is 0.325. The smallest absolute Gasteiger partial charge is 0.320 e. The highest BCUT2D eigenvalue weighted by Crippen LogP contribution is 2.50. The predicted molar refractivity (Wildman–Crippen MR) is 148 cm³/mol. The van der Waals surface area contributed by atoms with Crippen LogP contribution in [0.25, 0.3) is 11.1 Å².